The minimum Gasteiger partial charge on any atom is -0.387 e. The summed E-state index contributed by atoms with van der Waals surface area (Å²) in [4.78, 5) is 1.94. The monoisotopic (exact) mass is 252 g/mol. The molecule has 0 amide bonds. The van der Waals surface area contributed by atoms with E-state index in [1.54, 1.807) is 6.07 Å². The molecule has 0 spiro atoms. The molecule has 0 aliphatic rings. The van der Waals surface area contributed by atoms with Gasteiger partial charge in [-0.3, -0.25) is 0 Å². The van der Waals surface area contributed by atoms with E-state index in [9.17, 15) is 5.11 Å². The van der Waals surface area contributed by atoms with Crippen LogP contribution >= 0.6 is 0 Å². The van der Waals surface area contributed by atoms with Gasteiger partial charge in [0.2, 0.25) is 0 Å². The first-order chi connectivity index (χ1) is 9.20. The lowest BCUT2D eigenvalue weighted by Crippen LogP contribution is -2.24. The number of benzene rings is 2. The predicted molar refractivity (Wildman–Crippen MR) is 75.8 cm³/mol. The Hall–Kier alpha value is -2.31. The molecule has 96 valence electrons. The average molecular weight is 252 g/mol. The van der Waals surface area contributed by atoms with E-state index in [2.05, 4.69) is 6.07 Å². The van der Waals surface area contributed by atoms with Crippen molar-refractivity contribution >= 4 is 5.69 Å². The third kappa shape index (κ3) is 3.34. The number of likely N-dealkylation sites (N-methyl/N-ethyl adjacent to an activating group) is 1. The molecule has 0 bridgehead atoms. The number of hydrogen-bond acceptors (Lipinski definition) is 3. The Balaban J connectivity index is 2.08. The summed E-state index contributed by atoms with van der Waals surface area (Å²) in [5.74, 6) is 0. The maximum absolute atomic E-state index is 10.2. The first-order valence-electron chi connectivity index (χ1n) is 6.15. The summed E-state index contributed by atoms with van der Waals surface area (Å²) in [5.41, 5.74) is 2.44. The lowest BCUT2D eigenvalue weighted by Gasteiger charge is -2.23. The van der Waals surface area contributed by atoms with Crippen LogP contribution in [0.5, 0.6) is 0 Å². The highest BCUT2D eigenvalue weighted by atomic mass is 16.3. The van der Waals surface area contributed by atoms with Gasteiger partial charge in [0, 0.05) is 19.3 Å². The van der Waals surface area contributed by atoms with Crippen LogP contribution < -0.4 is 4.90 Å². The fourth-order valence-corrected chi connectivity index (χ4v) is 1.96. The van der Waals surface area contributed by atoms with Gasteiger partial charge in [0.15, 0.2) is 0 Å². The van der Waals surface area contributed by atoms with Crippen LogP contribution in [0, 0.1) is 11.3 Å². The van der Waals surface area contributed by atoms with Gasteiger partial charge in [0.1, 0.15) is 0 Å². The summed E-state index contributed by atoms with van der Waals surface area (Å²) >= 11 is 0. The molecule has 2 rings (SSSR count). The summed E-state index contributed by atoms with van der Waals surface area (Å²) < 4.78 is 0. The second kappa shape index (κ2) is 6.03. The predicted octanol–water partition coefficient (Wildman–Crippen LogP) is 2.73. The highest BCUT2D eigenvalue weighted by Gasteiger charge is 2.11. The third-order valence-electron chi connectivity index (χ3n) is 3.05. The highest BCUT2D eigenvalue weighted by molar-refractivity contribution is 5.51. The van der Waals surface area contributed by atoms with Crippen LogP contribution in [0.1, 0.15) is 17.2 Å². The number of anilines is 1. The lowest BCUT2D eigenvalue weighted by atomic mass is 10.1. The summed E-state index contributed by atoms with van der Waals surface area (Å²) in [5, 5.41) is 19.1. The van der Waals surface area contributed by atoms with Gasteiger partial charge in [-0.1, -0.05) is 36.4 Å². The molecule has 0 heterocycles. The van der Waals surface area contributed by atoms with Gasteiger partial charge in [-0.05, 0) is 23.8 Å². The molecule has 2 aromatic rings. The molecule has 0 saturated heterocycles. The van der Waals surface area contributed by atoms with Crippen LogP contribution in [0.4, 0.5) is 5.69 Å². The maximum atomic E-state index is 10.2. The van der Waals surface area contributed by atoms with E-state index in [0.717, 1.165) is 11.3 Å². The van der Waals surface area contributed by atoms with Crippen molar-refractivity contribution in [3.05, 3.63) is 65.7 Å². The maximum Gasteiger partial charge on any atom is 0.0992 e. The van der Waals surface area contributed by atoms with Crippen LogP contribution in [0.3, 0.4) is 0 Å². The molecule has 0 aliphatic heterocycles. The largest absolute Gasteiger partial charge is 0.387 e. The molecule has 0 saturated carbocycles. The van der Waals surface area contributed by atoms with Crippen LogP contribution in [-0.4, -0.2) is 18.7 Å². The summed E-state index contributed by atoms with van der Waals surface area (Å²) in [6, 6.07) is 19.0. The zero-order chi connectivity index (χ0) is 13.7. The first kappa shape index (κ1) is 13.1. The molecule has 0 aromatic heterocycles. The second-order valence-electron chi connectivity index (χ2n) is 4.47. The van der Waals surface area contributed by atoms with Gasteiger partial charge < -0.3 is 10.0 Å². The smallest absolute Gasteiger partial charge is 0.0992 e. The van der Waals surface area contributed by atoms with Crippen molar-refractivity contribution in [1.82, 2.24) is 0 Å². The highest BCUT2D eigenvalue weighted by Crippen LogP contribution is 2.19. The van der Waals surface area contributed by atoms with Crippen molar-refractivity contribution < 1.29 is 5.11 Å². The molecular formula is C16H16N2O. The molecule has 3 heteroatoms. The van der Waals surface area contributed by atoms with E-state index in [1.807, 2.05) is 60.5 Å². The molecule has 0 fully saturated rings. The Bertz CT molecular complexity index is 575. The van der Waals surface area contributed by atoms with Gasteiger partial charge in [-0.25, -0.2) is 0 Å². The minimum atomic E-state index is -0.544. The Labute approximate surface area is 113 Å². The molecule has 0 aliphatic carbocycles. The van der Waals surface area contributed by atoms with Gasteiger partial charge in [-0.2, -0.15) is 5.26 Å². The van der Waals surface area contributed by atoms with Crippen LogP contribution in [0.15, 0.2) is 54.6 Å². The summed E-state index contributed by atoms with van der Waals surface area (Å²) in [6.07, 6.45) is -0.544. The van der Waals surface area contributed by atoms with E-state index in [4.69, 9.17) is 5.26 Å². The van der Waals surface area contributed by atoms with Crippen molar-refractivity contribution in [3.8, 4) is 6.07 Å². The molecule has 0 radical (unpaired) electrons. The van der Waals surface area contributed by atoms with E-state index in [-0.39, 0.29) is 0 Å². The topological polar surface area (TPSA) is 47.3 Å². The molecule has 1 N–H and O–H groups in total. The van der Waals surface area contributed by atoms with E-state index < -0.39 is 6.10 Å². The first-order valence-corrected chi connectivity index (χ1v) is 6.15. The number of aliphatic hydroxyl groups excluding tert-OH is 1. The van der Waals surface area contributed by atoms with E-state index >= 15 is 0 Å². The zero-order valence-corrected chi connectivity index (χ0v) is 10.8. The number of aliphatic hydroxyl groups is 1. The van der Waals surface area contributed by atoms with Gasteiger partial charge in [0.05, 0.1) is 17.7 Å². The zero-order valence-electron chi connectivity index (χ0n) is 10.8. The Morgan fingerprint density at radius 2 is 1.89 bits per heavy atom. The van der Waals surface area contributed by atoms with Gasteiger partial charge in [0.25, 0.3) is 0 Å². The van der Waals surface area contributed by atoms with Crippen LogP contribution in [-0.2, 0) is 0 Å². The van der Waals surface area contributed by atoms with E-state index in [1.165, 1.54) is 0 Å². The summed E-state index contributed by atoms with van der Waals surface area (Å²) in [6.45, 7) is 0.485. The van der Waals surface area contributed by atoms with E-state index in [0.29, 0.717) is 12.1 Å². The molecule has 1 atom stereocenters. The molecular weight excluding hydrogens is 236 g/mol. The summed E-state index contributed by atoms with van der Waals surface area (Å²) in [7, 11) is 1.91. The molecule has 3 nitrogen and oxygen atoms in total. The quantitative estimate of drug-likeness (QED) is 0.910. The van der Waals surface area contributed by atoms with Crippen molar-refractivity contribution in [2.24, 2.45) is 0 Å². The SMILES string of the molecule is CN(CC(O)c1ccccc1)c1cccc(C#N)c1. The lowest BCUT2D eigenvalue weighted by molar-refractivity contribution is 0.185. The van der Waals surface area contributed by atoms with Gasteiger partial charge in [-0.15, -0.1) is 0 Å². The number of nitrogens with zero attached hydrogens (tertiary/aromatic N) is 2. The Kier molecular flexibility index (Phi) is 4.17. The normalized spacial score (nSPS) is 11.6. The fourth-order valence-electron chi connectivity index (χ4n) is 1.96. The van der Waals surface area contributed by atoms with Crippen LogP contribution in [0.25, 0.3) is 0 Å². The second-order valence-corrected chi connectivity index (χ2v) is 4.47. The third-order valence-corrected chi connectivity index (χ3v) is 3.05. The molecule has 19 heavy (non-hydrogen) atoms. The average Bonchev–Trinajstić information content (AvgIpc) is 2.48. The van der Waals surface area contributed by atoms with Crippen LogP contribution in [0.2, 0.25) is 0 Å². The van der Waals surface area contributed by atoms with Crippen molar-refractivity contribution in [1.29, 1.82) is 5.26 Å². The van der Waals surface area contributed by atoms with Gasteiger partial charge >= 0.3 is 0 Å². The molecule has 2 aromatic carbocycles. The van der Waals surface area contributed by atoms with Crippen molar-refractivity contribution in [2.45, 2.75) is 6.10 Å². The fraction of sp³-hybridized carbons (Fsp3) is 0.188. The minimum absolute atomic E-state index is 0.485. The van der Waals surface area contributed by atoms with Crippen molar-refractivity contribution in [2.75, 3.05) is 18.5 Å². The number of rotatable bonds is 4. The van der Waals surface area contributed by atoms with Crippen molar-refractivity contribution in [3.63, 3.8) is 0 Å². The Morgan fingerprint density at radius 1 is 1.16 bits per heavy atom. The molecule has 1 unspecified atom stereocenters. The standard InChI is InChI=1S/C16H16N2O/c1-18(15-9-5-6-13(10-15)11-17)12-16(19)14-7-3-2-4-8-14/h2-10,16,19H,12H2,1H3. The number of nitriles is 1. The Morgan fingerprint density at radius 3 is 2.58 bits per heavy atom. The number of hydrogen-bond donors (Lipinski definition) is 1.